The topological polar surface area (TPSA) is 103 Å². The highest BCUT2D eigenvalue weighted by molar-refractivity contribution is 9.10. The smallest absolute Gasteiger partial charge is 0.256 e. The van der Waals surface area contributed by atoms with E-state index in [1.165, 1.54) is 6.20 Å². The van der Waals surface area contributed by atoms with Crippen molar-refractivity contribution in [2.75, 3.05) is 5.75 Å². The van der Waals surface area contributed by atoms with Crippen LogP contribution >= 0.6 is 27.7 Å². The maximum absolute atomic E-state index is 12.3. The minimum atomic E-state index is -0.344. The van der Waals surface area contributed by atoms with Gasteiger partial charge in [0.1, 0.15) is 28.7 Å². The molecule has 0 saturated heterocycles. The highest BCUT2D eigenvalue weighted by Crippen LogP contribution is 2.48. The largest absolute Gasteiger partial charge is 0.490 e. The molecule has 1 aromatic heterocycles. The number of carbonyl (C=O) groups excluding carboxylic acids is 1. The van der Waals surface area contributed by atoms with Gasteiger partial charge < -0.3 is 20.3 Å². The molecule has 7 nitrogen and oxygen atoms in total. The molecule has 154 valence electrons. The summed E-state index contributed by atoms with van der Waals surface area (Å²) in [4.78, 5) is 17.1. The third-order valence-electron chi connectivity index (χ3n) is 5.38. The van der Waals surface area contributed by atoms with Gasteiger partial charge in [-0.2, -0.15) is 0 Å². The minimum absolute atomic E-state index is 0.00538. The maximum Gasteiger partial charge on any atom is 0.256 e. The zero-order chi connectivity index (χ0) is 20.6. The molecule has 0 saturated carbocycles. The number of nitrogens with two attached hydrogens (primary N) is 1. The second kappa shape index (κ2) is 8.02. The lowest BCUT2D eigenvalue weighted by atomic mass is 9.82. The van der Waals surface area contributed by atoms with E-state index in [-0.39, 0.29) is 23.6 Å². The minimum Gasteiger partial charge on any atom is -0.490 e. The first kappa shape index (κ1) is 20.3. The van der Waals surface area contributed by atoms with Crippen LogP contribution in [0, 0.1) is 6.92 Å². The number of hydrogen-bond acceptors (Lipinski definition) is 7. The number of amides is 1. The molecule has 0 aliphatic carbocycles. The molecule has 2 unspecified atom stereocenters. The lowest BCUT2D eigenvalue weighted by Crippen LogP contribution is -2.39. The van der Waals surface area contributed by atoms with Crippen molar-refractivity contribution in [3.05, 3.63) is 45.8 Å². The molecule has 2 aliphatic rings. The molecule has 4 rings (SSSR count). The van der Waals surface area contributed by atoms with E-state index in [1.54, 1.807) is 18.7 Å². The van der Waals surface area contributed by atoms with Crippen LogP contribution in [0.4, 0.5) is 0 Å². The van der Waals surface area contributed by atoms with E-state index in [9.17, 15) is 4.79 Å². The van der Waals surface area contributed by atoms with Gasteiger partial charge in [0.15, 0.2) is 5.17 Å². The summed E-state index contributed by atoms with van der Waals surface area (Å²) in [5, 5.41) is 7.29. The Bertz CT molecular complexity index is 963. The van der Waals surface area contributed by atoms with Gasteiger partial charge in [-0.3, -0.25) is 9.79 Å². The number of carbonyl (C=O) groups is 1. The average molecular weight is 479 g/mol. The molecule has 1 amide bonds. The Balaban J connectivity index is 1.43. The Kier molecular flexibility index (Phi) is 5.61. The summed E-state index contributed by atoms with van der Waals surface area (Å²) in [6, 6.07) is 6.04. The second-order valence-electron chi connectivity index (χ2n) is 7.60. The van der Waals surface area contributed by atoms with Gasteiger partial charge in [-0.05, 0) is 44.9 Å². The van der Waals surface area contributed by atoms with Crippen LogP contribution in [0.25, 0.3) is 0 Å². The third kappa shape index (κ3) is 4.16. The Morgan fingerprint density at radius 1 is 1.52 bits per heavy atom. The number of benzene rings is 1. The first-order valence-corrected chi connectivity index (χ1v) is 11.3. The number of ether oxygens (including phenoxy) is 1. The van der Waals surface area contributed by atoms with Crippen LogP contribution in [0.5, 0.6) is 5.75 Å². The molecule has 3 atom stereocenters. The summed E-state index contributed by atoms with van der Waals surface area (Å²) in [5.41, 5.74) is 7.23. The zero-order valence-corrected chi connectivity index (χ0v) is 18.7. The van der Waals surface area contributed by atoms with Gasteiger partial charge in [0.25, 0.3) is 5.91 Å². The van der Waals surface area contributed by atoms with Crippen molar-refractivity contribution in [3.8, 4) is 5.75 Å². The fourth-order valence-corrected chi connectivity index (χ4v) is 5.20. The zero-order valence-electron chi connectivity index (χ0n) is 16.3. The molecule has 1 spiro atoms. The van der Waals surface area contributed by atoms with E-state index in [4.69, 9.17) is 20.0 Å². The summed E-state index contributed by atoms with van der Waals surface area (Å²) >= 11 is 5.14. The number of halogens is 1. The van der Waals surface area contributed by atoms with E-state index in [2.05, 4.69) is 32.5 Å². The molecule has 29 heavy (non-hydrogen) atoms. The first-order valence-electron chi connectivity index (χ1n) is 9.53. The maximum atomic E-state index is 12.3. The Morgan fingerprint density at radius 2 is 2.34 bits per heavy atom. The fourth-order valence-electron chi connectivity index (χ4n) is 3.88. The molecule has 0 radical (unpaired) electrons. The Hall–Kier alpha value is -2.00. The highest BCUT2D eigenvalue weighted by Gasteiger charge is 2.45. The lowest BCUT2D eigenvalue weighted by Gasteiger charge is -2.38. The summed E-state index contributed by atoms with van der Waals surface area (Å²) in [7, 11) is 0. The van der Waals surface area contributed by atoms with E-state index < -0.39 is 0 Å². The number of aliphatic imine (C=N–C) groups is 1. The fraction of sp³-hybridized carbons (Fsp3) is 0.450. The van der Waals surface area contributed by atoms with Gasteiger partial charge in [0, 0.05) is 28.3 Å². The number of nitrogens with one attached hydrogen (secondary N) is 1. The number of fused-ring (bicyclic) bond motifs is 2. The number of amidine groups is 1. The number of nitrogens with zero attached hydrogens (tertiary/aromatic N) is 2. The predicted molar refractivity (Wildman–Crippen MR) is 116 cm³/mol. The van der Waals surface area contributed by atoms with E-state index in [0.717, 1.165) is 40.8 Å². The molecule has 3 heterocycles. The van der Waals surface area contributed by atoms with Crippen LogP contribution in [-0.2, 0) is 5.54 Å². The third-order valence-corrected chi connectivity index (χ3v) is 6.88. The van der Waals surface area contributed by atoms with Crippen molar-refractivity contribution in [1.29, 1.82) is 0 Å². The molecule has 1 aromatic carbocycles. The number of aromatic nitrogens is 1. The molecule has 0 bridgehead atoms. The number of rotatable bonds is 5. The van der Waals surface area contributed by atoms with Gasteiger partial charge in [0.05, 0.1) is 6.20 Å². The quantitative estimate of drug-likeness (QED) is 0.677. The molecule has 3 N–H and O–H groups in total. The SMILES string of the molecule is Cc1oncc1C(=O)NC(C)CC[C@H]1CC2(CSC(N)=N2)c2cc(Br)ccc2O1. The summed E-state index contributed by atoms with van der Waals surface area (Å²) in [5.74, 6) is 2.03. The van der Waals surface area contributed by atoms with Gasteiger partial charge in [-0.15, -0.1) is 0 Å². The predicted octanol–water partition coefficient (Wildman–Crippen LogP) is 3.75. The number of hydrogen-bond donors (Lipinski definition) is 2. The summed E-state index contributed by atoms with van der Waals surface area (Å²) < 4.78 is 12.2. The van der Waals surface area contributed by atoms with Crippen molar-refractivity contribution < 1.29 is 14.1 Å². The molecule has 2 aromatic rings. The standard InChI is InChI=1S/C20H23BrN4O3S/c1-11(24-18(26)15-9-23-28-12(15)2)3-5-14-8-20(10-29-19(22)25-20)16-7-13(21)4-6-17(16)27-14/h4,6-7,9,11,14H,3,5,8,10H2,1-2H3,(H2,22,25)(H,24,26)/t11?,14-,20?/m0/s1. The molecular weight excluding hydrogens is 456 g/mol. The van der Waals surface area contributed by atoms with Crippen LogP contribution in [0.1, 0.15) is 47.9 Å². The van der Waals surface area contributed by atoms with E-state index >= 15 is 0 Å². The van der Waals surface area contributed by atoms with Crippen molar-refractivity contribution in [2.45, 2.75) is 50.8 Å². The Labute approximate surface area is 182 Å². The van der Waals surface area contributed by atoms with Crippen LogP contribution in [-0.4, -0.2) is 34.1 Å². The summed E-state index contributed by atoms with van der Waals surface area (Å²) in [6.45, 7) is 3.72. The van der Waals surface area contributed by atoms with Gasteiger partial charge in [-0.25, -0.2) is 0 Å². The van der Waals surface area contributed by atoms with Crippen LogP contribution in [0.2, 0.25) is 0 Å². The van der Waals surface area contributed by atoms with E-state index in [1.807, 2.05) is 19.1 Å². The molecular formula is C20H23BrN4O3S. The first-order chi connectivity index (χ1) is 13.9. The molecule has 2 aliphatic heterocycles. The summed E-state index contributed by atoms with van der Waals surface area (Å²) in [6.07, 6.45) is 3.82. The number of aryl methyl sites for hydroxylation is 1. The van der Waals surface area contributed by atoms with Crippen LogP contribution in [0.3, 0.4) is 0 Å². The van der Waals surface area contributed by atoms with Gasteiger partial charge in [0.2, 0.25) is 0 Å². The molecule has 0 fully saturated rings. The molecule has 9 heteroatoms. The average Bonchev–Trinajstić information content (AvgIpc) is 3.27. The normalized spacial score (nSPS) is 24.0. The second-order valence-corrected chi connectivity index (χ2v) is 9.51. The lowest BCUT2D eigenvalue weighted by molar-refractivity contribution is 0.0920. The van der Waals surface area contributed by atoms with Crippen LogP contribution < -0.4 is 15.8 Å². The van der Waals surface area contributed by atoms with Gasteiger partial charge in [-0.1, -0.05) is 32.8 Å². The van der Waals surface area contributed by atoms with E-state index in [0.29, 0.717) is 16.5 Å². The van der Waals surface area contributed by atoms with Crippen LogP contribution in [0.15, 0.2) is 38.4 Å². The monoisotopic (exact) mass is 478 g/mol. The number of thioether (sulfide) groups is 1. The Morgan fingerprint density at radius 3 is 3.03 bits per heavy atom. The van der Waals surface area contributed by atoms with Gasteiger partial charge >= 0.3 is 0 Å². The van der Waals surface area contributed by atoms with Crippen molar-refractivity contribution in [2.24, 2.45) is 10.7 Å². The van der Waals surface area contributed by atoms with Crippen molar-refractivity contribution in [1.82, 2.24) is 10.5 Å². The van der Waals surface area contributed by atoms with Crippen molar-refractivity contribution >= 4 is 38.8 Å². The van der Waals surface area contributed by atoms with Crippen molar-refractivity contribution in [3.63, 3.8) is 0 Å². The highest BCUT2D eigenvalue weighted by atomic mass is 79.9.